The molecule has 1 aromatic rings. The van der Waals surface area contributed by atoms with Gasteiger partial charge in [-0.15, -0.1) is 0 Å². The second-order valence-electron chi connectivity index (χ2n) is 5.06. The number of aliphatic carboxylic acids is 1. The van der Waals surface area contributed by atoms with Crippen molar-refractivity contribution in [3.8, 4) is 5.75 Å². The maximum absolute atomic E-state index is 13.1. The fourth-order valence-corrected chi connectivity index (χ4v) is 2.51. The van der Waals surface area contributed by atoms with Crippen LogP contribution < -0.4 is 56.5 Å². The summed E-state index contributed by atoms with van der Waals surface area (Å²) in [4.78, 5) is 25.1. The summed E-state index contributed by atoms with van der Waals surface area (Å²) in [5, 5.41) is 18.6. The number of carboxylic acid groups (broad SMARTS) is 1. The number of alkyl halides is 3. The van der Waals surface area contributed by atoms with Crippen molar-refractivity contribution < 1.29 is 82.8 Å². The van der Waals surface area contributed by atoms with Gasteiger partial charge >= 0.3 is 41.7 Å². The number of hydrogen-bond acceptors (Lipinski definition) is 9. The molecule has 1 aromatic carbocycles. The van der Waals surface area contributed by atoms with Gasteiger partial charge in [-0.1, -0.05) is 23.2 Å². The van der Waals surface area contributed by atoms with Crippen LogP contribution in [0.15, 0.2) is 17.7 Å². The van der Waals surface area contributed by atoms with Gasteiger partial charge in [-0.3, -0.25) is 4.84 Å². The quantitative estimate of drug-likeness (QED) is 0.139. The van der Waals surface area contributed by atoms with E-state index in [2.05, 4.69) is 26.7 Å². The molecular formula is C15H18Cl2F3N3NaO7+. The summed E-state index contributed by atoms with van der Waals surface area (Å²) in [7, 11) is 1.55. The first kappa shape index (κ1) is 32.1. The number of fused-ring (bicyclic) bond motifs is 1. The molecule has 0 spiro atoms. The number of carbonyl (C=O) groups excluding carboxylic acids is 2. The molecule has 1 heterocycles. The van der Waals surface area contributed by atoms with E-state index in [0.29, 0.717) is 0 Å². The number of halogens is 5. The van der Waals surface area contributed by atoms with Gasteiger partial charge in [0.1, 0.15) is 5.75 Å². The second-order valence-corrected chi connectivity index (χ2v) is 5.91. The molecular weight excluding hydrogens is 485 g/mol. The summed E-state index contributed by atoms with van der Waals surface area (Å²) < 4.78 is 48.5. The van der Waals surface area contributed by atoms with Gasteiger partial charge in [0.25, 0.3) is 0 Å². The largest absolute Gasteiger partial charge is 1.00 e. The van der Waals surface area contributed by atoms with Crippen LogP contribution in [0.1, 0.15) is 5.56 Å². The summed E-state index contributed by atoms with van der Waals surface area (Å²) in [5.74, 6) is 4.33. The molecule has 1 unspecified atom stereocenters. The fraction of sp³-hybridized carbons (Fsp3) is 0.333. The molecule has 170 valence electrons. The Labute approximate surface area is 206 Å². The van der Waals surface area contributed by atoms with E-state index in [4.69, 9.17) is 33.1 Å². The minimum absolute atomic E-state index is 0. The van der Waals surface area contributed by atoms with Crippen LogP contribution in [0.3, 0.4) is 0 Å². The van der Waals surface area contributed by atoms with Crippen LogP contribution in [0.25, 0.3) is 6.08 Å². The zero-order valence-corrected chi connectivity index (χ0v) is 19.8. The Morgan fingerprint density at radius 3 is 2.35 bits per heavy atom. The number of benzene rings is 1. The van der Waals surface area contributed by atoms with Crippen molar-refractivity contribution in [2.45, 2.75) is 12.3 Å². The molecule has 0 saturated heterocycles. The van der Waals surface area contributed by atoms with Gasteiger partial charge in [0.15, 0.2) is 0 Å². The zero-order chi connectivity index (χ0) is 23.5. The predicted molar refractivity (Wildman–Crippen MR) is 94.7 cm³/mol. The SMILES string of the molecule is CNCC(=O)[O-].NOCOC(=O)C1=Cc2cc(Cl)cc(Cl)c2OC1C(F)(F)F.[NH3+]O.[Na+]. The molecule has 2 rings (SSSR count). The van der Waals surface area contributed by atoms with Crippen LogP contribution in [-0.2, 0) is 19.2 Å². The van der Waals surface area contributed by atoms with E-state index < -0.39 is 36.6 Å². The van der Waals surface area contributed by atoms with Crippen molar-refractivity contribution in [1.29, 1.82) is 0 Å². The number of likely N-dealkylation sites (N-methyl/N-ethyl adjacent to an activating group) is 1. The Morgan fingerprint density at radius 2 is 1.94 bits per heavy atom. The number of quaternary nitrogens is 1. The van der Waals surface area contributed by atoms with Crippen molar-refractivity contribution in [2.75, 3.05) is 20.4 Å². The third-order valence-electron chi connectivity index (χ3n) is 2.98. The molecule has 0 bridgehead atoms. The summed E-state index contributed by atoms with van der Waals surface area (Å²) in [5.41, 5.74) is -0.644. The molecule has 7 N–H and O–H groups in total. The minimum atomic E-state index is -4.85. The van der Waals surface area contributed by atoms with Gasteiger partial charge in [0, 0.05) is 17.1 Å². The second kappa shape index (κ2) is 15.6. The van der Waals surface area contributed by atoms with Crippen LogP contribution >= 0.6 is 23.2 Å². The molecule has 0 saturated carbocycles. The number of ether oxygens (including phenoxy) is 2. The first-order chi connectivity index (χ1) is 14.0. The van der Waals surface area contributed by atoms with Crippen molar-refractivity contribution in [2.24, 2.45) is 5.90 Å². The van der Waals surface area contributed by atoms with Crippen molar-refractivity contribution >= 4 is 41.2 Å². The first-order valence-corrected chi connectivity index (χ1v) is 8.35. The number of nitrogens with one attached hydrogen (secondary N) is 1. The van der Waals surface area contributed by atoms with E-state index in [9.17, 15) is 27.9 Å². The van der Waals surface area contributed by atoms with Crippen LogP contribution in [0.4, 0.5) is 13.2 Å². The van der Waals surface area contributed by atoms with Crippen LogP contribution in [0.5, 0.6) is 5.75 Å². The Kier molecular flexibility index (Phi) is 16.2. The molecule has 0 radical (unpaired) electrons. The van der Waals surface area contributed by atoms with E-state index in [1.54, 1.807) is 7.05 Å². The van der Waals surface area contributed by atoms with E-state index in [0.717, 1.165) is 6.08 Å². The zero-order valence-electron chi connectivity index (χ0n) is 16.3. The Balaban J connectivity index is 0. The molecule has 1 aliphatic heterocycles. The van der Waals surface area contributed by atoms with Gasteiger partial charge in [-0.2, -0.15) is 13.2 Å². The standard InChI is InChI=1S/C12H8Cl2F3NO4.C3H7NO2.H4NO.Na/c13-6-1-5-2-7(11(19)20-4-21-18)10(12(15,16)17)22-9(5)8(14)3-6;1-4-2-3(5)6;1-2;/h1-3,10H,4,18H2;4H,2H2,1H3,(H,5,6);2H,1H3;/q;;2*+1/p-1. The maximum atomic E-state index is 13.1. The molecule has 0 fully saturated rings. The van der Waals surface area contributed by atoms with E-state index in [1.807, 2.05) is 0 Å². The summed E-state index contributed by atoms with van der Waals surface area (Å²) in [6, 6.07) is 2.54. The number of esters is 1. The first-order valence-electron chi connectivity index (χ1n) is 7.60. The van der Waals surface area contributed by atoms with Gasteiger partial charge in [-0.25, -0.2) is 21.8 Å². The number of nitrogens with two attached hydrogens (primary N) is 1. The maximum Gasteiger partial charge on any atom is 1.00 e. The molecule has 0 aromatic heterocycles. The summed E-state index contributed by atoms with van der Waals surface area (Å²) >= 11 is 11.6. The summed E-state index contributed by atoms with van der Waals surface area (Å²) in [6.45, 7) is -0.774. The van der Waals surface area contributed by atoms with Gasteiger partial charge in [0.05, 0.1) is 16.6 Å². The number of carboxylic acids is 1. The van der Waals surface area contributed by atoms with Crippen molar-refractivity contribution in [3.63, 3.8) is 0 Å². The van der Waals surface area contributed by atoms with Crippen LogP contribution in [-0.4, -0.2) is 49.8 Å². The van der Waals surface area contributed by atoms with Crippen molar-refractivity contribution in [1.82, 2.24) is 5.32 Å². The third-order valence-corrected chi connectivity index (χ3v) is 3.48. The molecule has 1 aliphatic rings. The topological polar surface area (TPSA) is 171 Å². The fourth-order valence-electron chi connectivity index (χ4n) is 1.96. The predicted octanol–water partition coefficient (Wildman–Crippen LogP) is -3.33. The molecule has 0 aliphatic carbocycles. The number of hydrogen-bond donors (Lipinski definition) is 4. The minimum Gasteiger partial charge on any atom is -0.549 e. The number of rotatable bonds is 5. The monoisotopic (exact) mass is 502 g/mol. The average Bonchev–Trinajstić information content (AvgIpc) is 2.66. The number of carbonyl (C=O) groups is 2. The van der Waals surface area contributed by atoms with Crippen molar-refractivity contribution in [3.05, 3.63) is 33.3 Å². The van der Waals surface area contributed by atoms with E-state index in [-0.39, 0.29) is 57.5 Å². The molecule has 10 nitrogen and oxygen atoms in total. The van der Waals surface area contributed by atoms with Gasteiger partial charge in [-0.05, 0) is 25.3 Å². The molecule has 31 heavy (non-hydrogen) atoms. The van der Waals surface area contributed by atoms with Crippen LogP contribution in [0.2, 0.25) is 10.0 Å². The van der Waals surface area contributed by atoms with Crippen LogP contribution in [0, 0.1) is 0 Å². The third kappa shape index (κ3) is 10.8. The normalized spacial score (nSPS) is 14.1. The van der Waals surface area contributed by atoms with E-state index in [1.165, 1.54) is 12.1 Å². The summed E-state index contributed by atoms with van der Waals surface area (Å²) in [6.07, 6.45) is -6.42. The smallest absolute Gasteiger partial charge is 0.549 e. The Hall–Kier alpha value is -1.13. The average molecular weight is 503 g/mol. The molecule has 1 atom stereocenters. The Morgan fingerprint density at radius 1 is 1.35 bits per heavy atom. The molecule has 16 heteroatoms. The van der Waals surface area contributed by atoms with Gasteiger partial charge in [0.2, 0.25) is 12.9 Å². The Bertz CT molecular complexity index is 770. The molecule has 0 amide bonds. The van der Waals surface area contributed by atoms with Gasteiger partial charge < -0.3 is 24.7 Å². The van der Waals surface area contributed by atoms with E-state index >= 15 is 0 Å².